The monoisotopic (exact) mass is 272 g/mol. The van der Waals surface area contributed by atoms with Crippen molar-refractivity contribution in [3.05, 3.63) is 35.9 Å². The van der Waals surface area contributed by atoms with Crippen molar-refractivity contribution in [1.82, 2.24) is 4.90 Å². The van der Waals surface area contributed by atoms with Gasteiger partial charge in [0.05, 0.1) is 12.7 Å². The maximum atomic E-state index is 12.7. The Balaban J connectivity index is 2.16. The summed E-state index contributed by atoms with van der Waals surface area (Å²) in [6, 6.07) is 11.9. The van der Waals surface area contributed by atoms with E-state index in [1.165, 1.54) is 0 Å². The van der Waals surface area contributed by atoms with Crippen molar-refractivity contribution in [3.8, 4) is 6.07 Å². The fourth-order valence-electron chi connectivity index (χ4n) is 2.83. The molecule has 0 unspecified atom stereocenters. The van der Waals surface area contributed by atoms with Crippen LogP contribution in [0.3, 0.4) is 0 Å². The fraction of sp³-hybridized carbons (Fsp3) is 0.500. The Morgan fingerprint density at radius 2 is 1.95 bits per heavy atom. The van der Waals surface area contributed by atoms with Crippen molar-refractivity contribution in [2.45, 2.75) is 32.2 Å². The molecule has 1 saturated carbocycles. The predicted molar refractivity (Wildman–Crippen MR) is 75.5 cm³/mol. The van der Waals surface area contributed by atoms with Crippen LogP contribution in [-0.2, 0) is 11.3 Å². The second kappa shape index (κ2) is 6.53. The minimum Gasteiger partial charge on any atom is -0.395 e. The summed E-state index contributed by atoms with van der Waals surface area (Å²) in [6.07, 6.45) is 3.13. The number of nitrogens with zero attached hydrogens (tertiary/aromatic N) is 2. The van der Waals surface area contributed by atoms with Crippen molar-refractivity contribution in [1.29, 1.82) is 5.26 Å². The lowest BCUT2D eigenvalue weighted by Crippen LogP contribution is -2.43. The van der Waals surface area contributed by atoms with Crippen LogP contribution in [-0.4, -0.2) is 29.1 Å². The van der Waals surface area contributed by atoms with E-state index in [0.29, 0.717) is 19.4 Å². The van der Waals surface area contributed by atoms with E-state index in [-0.39, 0.29) is 19.1 Å². The van der Waals surface area contributed by atoms with Crippen LogP contribution >= 0.6 is 0 Å². The van der Waals surface area contributed by atoms with Crippen LogP contribution in [0.5, 0.6) is 0 Å². The van der Waals surface area contributed by atoms with Gasteiger partial charge in [-0.1, -0.05) is 43.2 Å². The predicted octanol–water partition coefficient (Wildman–Crippen LogP) is 2.09. The van der Waals surface area contributed by atoms with Gasteiger partial charge < -0.3 is 10.0 Å². The first-order valence-corrected chi connectivity index (χ1v) is 7.07. The Labute approximate surface area is 119 Å². The molecule has 0 aromatic heterocycles. The third-order valence-electron chi connectivity index (χ3n) is 3.95. The molecule has 1 aromatic rings. The smallest absolute Gasteiger partial charge is 0.243 e. The maximum Gasteiger partial charge on any atom is 0.243 e. The quantitative estimate of drug-likeness (QED) is 0.892. The SMILES string of the molecule is N#CC1(C(=O)N(CCO)Cc2ccccc2)CCCC1. The first-order chi connectivity index (χ1) is 9.72. The van der Waals surface area contributed by atoms with Gasteiger partial charge in [0.25, 0.3) is 0 Å². The molecule has 1 fully saturated rings. The number of nitriles is 1. The number of aliphatic hydroxyl groups is 1. The lowest BCUT2D eigenvalue weighted by Gasteiger charge is -2.29. The topological polar surface area (TPSA) is 64.3 Å². The first-order valence-electron chi connectivity index (χ1n) is 7.07. The summed E-state index contributed by atoms with van der Waals surface area (Å²) in [5, 5.41) is 18.6. The van der Waals surface area contributed by atoms with Crippen LogP contribution < -0.4 is 0 Å². The van der Waals surface area contributed by atoms with Crippen molar-refractivity contribution < 1.29 is 9.90 Å². The van der Waals surface area contributed by atoms with Gasteiger partial charge in [0.15, 0.2) is 0 Å². The highest BCUT2D eigenvalue weighted by Gasteiger charge is 2.43. The summed E-state index contributed by atoms with van der Waals surface area (Å²) in [5.41, 5.74) is 0.143. The third kappa shape index (κ3) is 3.00. The van der Waals surface area contributed by atoms with Crippen molar-refractivity contribution in [2.75, 3.05) is 13.2 Å². The standard InChI is InChI=1S/C16H20N2O2/c17-13-16(8-4-5-9-16)15(20)18(10-11-19)12-14-6-2-1-3-7-14/h1-3,6-7,19H,4-5,8-12H2. The maximum absolute atomic E-state index is 12.7. The van der Waals surface area contributed by atoms with Gasteiger partial charge in [-0.25, -0.2) is 0 Å². The molecule has 4 nitrogen and oxygen atoms in total. The van der Waals surface area contributed by atoms with Crippen molar-refractivity contribution in [2.24, 2.45) is 5.41 Å². The minimum atomic E-state index is -0.871. The van der Waals surface area contributed by atoms with E-state index >= 15 is 0 Å². The van der Waals surface area contributed by atoms with Crippen LogP contribution in [0.4, 0.5) is 0 Å². The third-order valence-corrected chi connectivity index (χ3v) is 3.95. The molecule has 20 heavy (non-hydrogen) atoms. The highest BCUT2D eigenvalue weighted by atomic mass is 16.3. The molecule has 0 radical (unpaired) electrons. The fourth-order valence-corrected chi connectivity index (χ4v) is 2.83. The van der Waals surface area contributed by atoms with Crippen LogP contribution in [0.15, 0.2) is 30.3 Å². The number of amides is 1. The van der Waals surface area contributed by atoms with E-state index < -0.39 is 5.41 Å². The summed E-state index contributed by atoms with van der Waals surface area (Å²) >= 11 is 0. The van der Waals surface area contributed by atoms with E-state index in [9.17, 15) is 15.2 Å². The molecule has 1 N–H and O–H groups in total. The normalized spacial score (nSPS) is 16.6. The molecule has 2 rings (SSSR count). The average Bonchev–Trinajstić information content (AvgIpc) is 2.97. The number of hydrogen-bond acceptors (Lipinski definition) is 3. The number of carbonyl (C=O) groups excluding carboxylic acids is 1. The van der Waals surface area contributed by atoms with E-state index in [2.05, 4.69) is 6.07 Å². The second-order valence-corrected chi connectivity index (χ2v) is 5.34. The zero-order chi connectivity index (χ0) is 14.4. The highest BCUT2D eigenvalue weighted by Crippen LogP contribution is 2.39. The van der Waals surface area contributed by atoms with Gasteiger partial charge in [0, 0.05) is 13.1 Å². The molecule has 0 bridgehead atoms. The molecule has 0 atom stereocenters. The lowest BCUT2D eigenvalue weighted by atomic mass is 9.86. The molecule has 1 aliphatic carbocycles. The van der Waals surface area contributed by atoms with Crippen LogP contribution in [0.1, 0.15) is 31.2 Å². The molecule has 106 valence electrons. The highest BCUT2D eigenvalue weighted by molar-refractivity contribution is 5.85. The molecule has 1 amide bonds. The number of carbonyl (C=O) groups is 1. The zero-order valence-electron chi connectivity index (χ0n) is 11.6. The molecule has 1 aliphatic rings. The second-order valence-electron chi connectivity index (χ2n) is 5.34. The summed E-state index contributed by atoms with van der Waals surface area (Å²) in [7, 11) is 0. The first kappa shape index (κ1) is 14.5. The van der Waals surface area contributed by atoms with Gasteiger partial charge in [-0.3, -0.25) is 4.79 Å². The van der Waals surface area contributed by atoms with Crippen LogP contribution in [0.2, 0.25) is 0 Å². The number of benzene rings is 1. The Morgan fingerprint density at radius 1 is 1.30 bits per heavy atom. The van der Waals surface area contributed by atoms with E-state index in [1.807, 2.05) is 30.3 Å². The van der Waals surface area contributed by atoms with Crippen molar-refractivity contribution in [3.63, 3.8) is 0 Å². The summed E-state index contributed by atoms with van der Waals surface area (Å²) in [5.74, 6) is -0.129. The number of hydrogen-bond donors (Lipinski definition) is 1. The van der Waals surface area contributed by atoms with Gasteiger partial charge in [0.2, 0.25) is 5.91 Å². The number of rotatable bonds is 5. The molecule has 0 spiro atoms. The van der Waals surface area contributed by atoms with Gasteiger partial charge in [-0.2, -0.15) is 5.26 Å². The Kier molecular flexibility index (Phi) is 4.75. The molecule has 0 aliphatic heterocycles. The molecule has 4 heteroatoms. The van der Waals surface area contributed by atoms with Crippen LogP contribution in [0, 0.1) is 16.7 Å². The molecular weight excluding hydrogens is 252 g/mol. The zero-order valence-corrected chi connectivity index (χ0v) is 11.6. The van der Waals surface area contributed by atoms with Gasteiger partial charge in [0.1, 0.15) is 5.41 Å². The Bertz CT molecular complexity index is 487. The summed E-state index contributed by atoms with van der Waals surface area (Å²) in [6.45, 7) is 0.640. The Hall–Kier alpha value is -1.86. The minimum absolute atomic E-state index is 0.0833. The molecule has 0 saturated heterocycles. The largest absolute Gasteiger partial charge is 0.395 e. The van der Waals surface area contributed by atoms with E-state index in [4.69, 9.17) is 0 Å². The van der Waals surface area contributed by atoms with Crippen LogP contribution in [0.25, 0.3) is 0 Å². The average molecular weight is 272 g/mol. The molecule has 0 heterocycles. The van der Waals surface area contributed by atoms with Gasteiger partial charge in [-0.05, 0) is 18.4 Å². The lowest BCUT2D eigenvalue weighted by molar-refractivity contribution is -0.140. The van der Waals surface area contributed by atoms with Gasteiger partial charge in [-0.15, -0.1) is 0 Å². The van der Waals surface area contributed by atoms with E-state index in [0.717, 1.165) is 18.4 Å². The van der Waals surface area contributed by atoms with Crippen molar-refractivity contribution >= 4 is 5.91 Å². The summed E-state index contributed by atoms with van der Waals surface area (Å²) < 4.78 is 0. The Morgan fingerprint density at radius 3 is 2.50 bits per heavy atom. The number of aliphatic hydroxyl groups excluding tert-OH is 1. The molecular formula is C16H20N2O2. The summed E-state index contributed by atoms with van der Waals surface area (Å²) in [4.78, 5) is 14.3. The van der Waals surface area contributed by atoms with Gasteiger partial charge >= 0.3 is 0 Å². The molecule has 1 aromatic carbocycles. The van der Waals surface area contributed by atoms with E-state index in [1.54, 1.807) is 4.90 Å².